The summed E-state index contributed by atoms with van der Waals surface area (Å²) in [5.41, 5.74) is 1.90. The molecule has 0 radical (unpaired) electrons. The number of nitro benzene ring substituents is 1. The first-order valence-corrected chi connectivity index (χ1v) is 12.0. The largest absolute Gasteiger partial charge is 0.324 e. The lowest BCUT2D eigenvalue weighted by molar-refractivity contribution is -0.384. The Kier molecular flexibility index (Phi) is 6.17. The number of nitro groups is 1. The van der Waals surface area contributed by atoms with Crippen LogP contribution in [0.5, 0.6) is 0 Å². The number of carbonyl (C=O) groups is 1. The number of para-hydroxylation sites is 2. The van der Waals surface area contributed by atoms with Gasteiger partial charge in [0.05, 0.1) is 38.0 Å². The number of fused-ring (bicyclic) bond motifs is 3. The minimum Gasteiger partial charge on any atom is -0.324 e. The molecular formula is C24H17ClN6O4S. The Labute approximate surface area is 212 Å². The number of benzene rings is 3. The lowest BCUT2D eigenvalue weighted by Crippen LogP contribution is -2.22. The van der Waals surface area contributed by atoms with Crippen molar-refractivity contribution in [2.24, 2.45) is 0 Å². The quantitative estimate of drug-likeness (QED) is 0.196. The number of aryl methyl sites for hydroxylation is 1. The fraction of sp³-hybridized carbons (Fsp3) is 0.0833. The minimum atomic E-state index is -0.567. The predicted molar refractivity (Wildman–Crippen MR) is 138 cm³/mol. The van der Waals surface area contributed by atoms with E-state index >= 15 is 0 Å². The van der Waals surface area contributed by atoms with Gasteiger partial charge >= 0.3 is 0 Å². The fourth-order valence-corrected chi connectivity index (χ4v) is 4.75. The summed E-state index contributed by atoms with van der Waals surface area (Å²) in [6.07, 6.45) is 0. The molecule has 0 atom stereocenters. The number of carbonyl (C=O) groups excluding carboxylic acids is 1. The van der Waals surface area contributed by atoms with Gasteiger partial charge in [-0.15, -0.1) is 10.2 Å². The monoisotopic (exact) mass is 520 g/mol. The standard InChI is InChI=1S/C24H17ClN6O4S/c1-14-6-2-4-8-19(14)29-22(33)16-7-3-5-9-20(16)30-23(29)27-28-24(30)36-13-21(32)26-18-12-15(31(34)35)10-11-17(18)25/h2-12H,13H2,1H3,(H,26,32). The maximum absolute atomic E-state index is 13.4. The van der Waals surface area contributed by atoms with E-state index in [9.17, 15) is 19.7 Å². The summed E-state index contributed by atoms with van der Waals surface area (Å²) in [5, 5.41) is 23.2. The highest BCUT2D eigenvalue weighted by atomic mass is 35.5. The molecule has 0 aliphatic heterocycles. The molecule has 36 heavy (non-hydrogen) atoms. The number of nitrogens with zero attached hydrogens (tertiary/aromatic N) is 5. The van der Waals surface area contributed by atoms with Crippen molar-refractivity contribution in [2.75, 3.05) is 11.1 Å². The van der Waals surface area contributed by atoms with E-state index < -0.39 is 10.8 Å². The van der Waals surface area contributed by atoms with E-state index in [1.165, 1.54) is 22.8 Å². The molecule has 5 rings (SSSR count). The van der Waals surface area contributed by atoms with Crippen LogP contribution in [0.1, 0.15) is 5.56 Å². The number of aromatic nitrogens is 4. The van der Waals surface area contributed by atoms with Gasteiger partial charge in [0.25, 0.3) is 11.2 Å². The molecule has 0 aliphatic carbocycles. The molecule has 0 saturated carbocycles. The van der Waals surface area contributed by atoms with Gasteiger partial charge in [0, 0.05) is 12.1 Å². The summed E-state index contributed by atoms with van der Waals surface area (Å²) in [7, 11) is 0. The van der Waals surface area contributed by atoms with Crippen molar-refractivity contribution >= 4 is 57.3 Å². The van der Waals surface area contributed by atoms with Crippen molar-refractivity contribution in [2.45, 2.75) is 12.1 Å². The van der Waals surface area contributed by atoms with Gasteiger partial charge < -0.3 is 5.32 Å². The summed E-state index contributed by atoms with van der Waals surface area (Å²) in [6.45, 7) is 1.91. The fourth-order valence-electron chi connectivity index (χ4n) is 3.84. The highest BCUT2D eigenvalue weighted by Gasteiger charge is 2.20. The summed E-state index contributed by atoms with van der Waals surface area (Å²) < 4.78 is 3.25. The SMILES string of the molecule is Cc1ccccc1-n1c(=O)c2ccccc2n2c(SCC(=O)Nc3cc([N+](=O)[O-])ccc3Cl)nnc12. The van der Waals surface area contributed by atoms with Gasteiger partial charge in [-0.05, 0) is 36.8 Å². The van der Waals surface area contributed by atoms with Crippen molar-refractivity contribution in [3.8, 4) is 5.69 Å². The van der Waals surface area contributed by atoms with E-state index in [2.05, 4.69) is 15.5 Å². The summed E-state index contributed by atoms with van der Waals surface area (Å²) >= 11 is 7.20. The van der Waals surface area contributed by atoms with Crippen LogP contribution in [0.4, 0.5) is 11.4 Å². The Morgan fingerprint density at radius 2 is 1.86 bits per heavy atom. The second-order valence-corrected chi connectivity index (χ2v) is 9.17. The van der Waals surface area contributed by atoms with Crippen molar-refractivity contribution in [1.29, 1.82) is 0 Å². The lowest BCUT2D eigenvalue weighted by atomic mass is 10.2. The van der Waals surface area contributed by atoms with Crippen LogP contribution >= 0.6 is 23.4 Å². The number of hydrogen-bond donors (Lipinski definition) is 1. The first kappa shape index (κ1) is 23.5. The molecule has 12 heteroatoms. The van der Waals surface area contributed by atoms with Crippen LogP contribution in [-0.4, -0.2) is 35.7 Å². The molecule has 0 fully saturated rings. The molecule has 0 aliphatic rings. The summed E-state index contributed by atoms with van der Waals surface area (Å²) in [4.78, 5) is 36.6. The molecule has 2 heterocycles. The van der Waals surface area contributed by atoms with Crippen LogP contribution in [0.15, 0.2) is 76.7 Å². The van der Waals surface area contributed by atoms with E-state index in [4.69, 9.17) is 11.6 Å². The second kappa shape index (κ2) is 9.44. The maximum atomic E-state index is 13.4. The van der Waals surface area contributed by atoms with Crippen LogP contribution in [0.25, 0.3) is 22.4 Å². The second-order valence-electron chi connectivity index (χ2n) is 7.82. The highest BCUT2D eigenvalue weighted by Crippen LogP contribution is 2.28. The Balaban J connectivity index is 1.52. The van der Waals surface area contributed by atoms with E-state index in [0.717, 1.165) is 17.3 Å². The van der Waals surface area contributed by atoms with E-state index in [0.29, 0.717) is 27.5 Å². The Morgan fingerprint density at radius 3 is 2.64 bits per heavy atom. The molecule has 2 aromatic heterocycles. The topological polar surface area (TPSA) is 124 Å². The van der Waals surface area contributed by atoms with E-state index in [-0.39, 0.29) is 27.7 Å². The number of thioether (sulfide) groups is 1. The average molecular weight is 521 g/mol. The summed E-state index contributed by atoms with van der Waals surface area (Å²) in [5.74, 6) is -0.189. The zero-order chi connectivity index (χ0) is 25.4. The number of nitrogens with one attached hydrogen (secondary N) is 1. The van der Waals surface area contributed by atoms with Crippen LogP contribution in [0, 0.1) is 17.0 Å². The Bertz CT molecular complexity index is 1730. The molecular weight excluding hydrogens is 504 g/mol. The molecule has 1 amide bonds. The summed E-state index contributed by atoms with van der Waals surface area (Å²) in [6, 6.07) is 18.4. The number of rotatable bonds is 6. The smallest absolute Gasteiger partial charge is 0.271 e. The maximum Gasteiger partial charge on any atom is 0.271 e. The minimum absolute atomic E-state index is 0.0718. The normalized spacial score (nSPS) is 11.2. The number of non-ortho nitro benzene ring substituents is 1. The van der Waals surface area contributed by atoms with Gasteiger partial charge in [-0.2, -0.15) is 0 Å². The molecule has 0 saturated heterocycles. The molecule has 180 valence electrons. The average Bonchev–Trinajstić information content (AvgIpc) is 3.29. The third kappa shape index (κ3) is 4.18. The van der Waals surface area contributed by atoms with Gasteiger partial charge in [0.15, 0.2) is 5.16 Å². The third-order valence-electron chi connectivity index (χ3n) is 5.52. The van der Waals surface area contributed by atoms with Gasteiger partial charge in [0.2, 0.25) is 11.7 Å². The number of amides is 1. The lowest BCUT2D eigenvalue weighted by Gasteiger charge is -2.13. The van der Waals surface area contributed by atoms with Crippen molar-refractivity contribution < 1.29 is 9.72 Å². The van der Waals surface area contributed by atoms with Gasteiger partial charge in [-0.3, -0.25) is 24.1 Å². The Hall–Kier alpha value is -4.22. The Morgan fingerprint density at radius 1 is 1.11 bits per heavy atom. The van der Waals surface area contributed by atoms with Crippen molar-refractivity contribution in [1.82, 2.24) is 19.2 Å². The first-order chi connectivity index (χ1) is 17.3. The van der Waals surface area contributed by atoms with Gasteiger partial charge in [-0.25, -0.2) is 4.57 Å². The number of hydrogen-bond acceptors (Lipinski definition) is 7. The molecule has 1 N–H and O–H groups in total. The predicted octanol–water partition coefficient (Wildman–Crippen LogP) is 4.63. The molecule has 0 bridgehead atoms. The van der Waals surface area contributed by atoms with Gasteiger partial charge in [0.1, 0.15) is 0 Å². The van der Waals surface area contributed by atoms with Crippen molar-refractivity contribution in [3.63, 3.8) is 0 Å². The highest BCUT2D eigenvalue weighted by molar-refractivity contribution is 7.99. The van der Waals surface area contributed by atoms with Crippen LogP contribution in [-0.2, 0) is 4.79 Å². The zero-order valence-electron chi connectivity index (χ0n) is 18.7. The van der Waals surface area contributed by atoms with E-state index in [1.807, 2.05) is 37.3 Å². The zero-order valence-corrected chi connectivity index (χ0v) is 20.3. The molecule has 10 nitrogen and oxygen atoms in total. The first-order valence-electron chi connectivity index (χ1n) is 10.7. The molecule has 0 spiro atoms. The number of anilines is 1. The van der Waals surface area contributed by atoms with Gasteiger partial charge in [-0.1, -0.05) is 53.7 Å². The van der Waals surface area contributed by atoms with Crippen LogP contribution in [0.2, 0.25) is 5.02 Å². The van der Waals surface area contributed by atoms with E-state index in [1.54, 1.807) is 22.6 Å². The molecule has 0 unspecified atom stereocenters. The molecule has 5 aromatic rings. The third-order valence-corrected chi connectivity index (χ3v) is 6.78. The van der Waals surface area contributed by atoms with Crippen molar-refractivity contribution in [3.05, 3.63) is 97.8 Å². The number of halogens is 1. The van der Waals surface area contributed by atoms with Crippen LogP contribution in [0.3, 0.4) is 0 Å². The molecule has 3 aromatic carbocycles. The van der Waals surface area contributed by atoms with Crippen LogP contribution < -0.4 is 10.9 Å².